The van der Waals surface area contributed by atoms with Crippen LogP contribution in [-0.4, -0.2) is 82.3 Å². The van der Waals surface area contributed by atoms with Crippen LogP contribution >= 0.6 is 0 Å². The normalized spacial score (nSPS) is 28.3. The molecule has 0 unspecified atom stereocenters. The minimum absolute atomic E-state index is 0.197. The Morgan fingerprint density at radius 2 is 1.84 bits per heavy atom. The zero-order valence-electron chi connectivity index (χ0n) is 22.6. The average Bonchev–Trinajstić information content (AvgIpc) is 3.22. The number of amides is 4. The smallest absolute Gasteiger partial charge is 0.410 e. The van der Waals surface area contributed by atoms with E-state index in [9.17, 15) is 14.4 Å². The van der Waals surface area contributed by atoms with Gasteiger partial charge in [-0.05, 0) is 69.9 Å². The van der Waals surface area contributed by atoms with Gasteiger partial charge >= 0.3 is 12.1 Å². The van der Waals surface area contributed by atoms with E-state index in [4.69, 9.17) is 9.72 Å². The van der Waals surface area contributed by atoms with E-state index < -0.39 is 5.60 Å². The van der Waals surface area contributed by atoms with E-state index >= 15 is 0 Å². The molecule has 2 aliphatic carbocycles. The third kappa shape index (κ3) is 4.86. The lowest BCUT2D eigenvalue weighted by molar-refractivity contribution is -0.120. The summed E-state index contributed by atoms with van der Waals surface area (Å²) < 4.78 is 7.82. The quantitative estimate of drug-likeness (QED) is 0.656. The SMILES string of the molecule is CC(C)(C)OC(=O)N1CCN(CC2CC3(C2)CC(n2ccc4cc(N5CCC(=O)NC5=O)cnc42)C3)CC1. The summed E-state index contributed by atoms with van der Waals surface area (Å²) in [6.07, 6.45) is 8.93. The minimum Gasteiger partial charge on any atom is -0.444 e. The van der Waals surface area contributed by atoms with Crippen LogP contribution in [0.1, 0.15) is 58.9 Å². The predicted molar refractivity (Wildman–Crippen MR) is 143 cm³/mol. The molecule has 0 atom stereocenters. The van der Waals surface area contributed by atoms with E-state index in [0.29, 0.717) is 24.4 Å². The van der Waals surface area contributed by atoms with Gasteiger partial charge in [0.05, 0.1) is 11.9 Å². The fourth-order valence-corrected chi connectivity index (χ4v) is 6.85. The molecule has 4 fully saturated rings. The summed E-state index contributed by atoms with van der Waals surface area (Å²) in [5.41, 5.74) is 1.71. The largest absolute Gasteiger partial charge is 0.444 e. The maximum atomic E-state index is 12.3. The fraction of sp³-hybridized carbons (Fsp3) is 0.643. The van der Waals surface area contributed by atoms with Crippen LogP contribution in [-0.2, 0) is 9.53 Å². The minimum atomic E-state index is -0.449. The number of hydrogen-bond acceptors (Lipinski definition) is 6. The van der Waals surface area contributed by atoms with E-state index in [0.717, 1.165) is 55.4 Å². The maximum absolute atomic E-state index is 12.3. The molecule has 4 aliphatic rings. The van der Waals surface area contributed by atoms with Crippen molar-refractivity contribution in [2.24, 2.45) is 11.3 Å². The lowest BCUT2D eigenvalue weighted by Gasteiger charge is -2.59. The fourth-order valence-electron chi connectivity index (χ4n) is 6.85. The van der Waals surface area contributed by atoms with Gasteiger partial charge in [0, 0.05) is 63.3 Å². The number of nitrogens with zero attached hydrogens (tertiary/aromatic N) is 5. The van der Waals surface area contributed by atoms with Crippen molar-refractivity contribution in [1.29, 1.82) is 0 Å². The number of carbonyl (C=O) groups excluding carboxylic acids is 3. The molecule has 204 valence electrons. The molecule has 2 aromatic rings. The molecule has 10 heteroatoms. The Bertz CT molecular complexity index is 1240. The molecule has 0 radical (unpaired) electrons. The Morgan fingerprint density at radius 1 is 1.11 bits per heavy atom. The summed E-state index contributed by atoms with van der Waals surface area (Å²) in [5, 5.41) is 3.39. The highest BCUT2D eigenvalue weighted by Crippen LogP contribution is 2.63. The number of piperazine rings is 1. The van der Waals surface area contributed by atoms with Gasteiger partial charge in [0.1, 0.15) is 11.2 Å². The maximum Gasteiger partial charge on any atom is 0.410 e. The molecule has 0 aromatic carbocycles. The summed E-state index contributed by atoms with van der Waals surface area (Å²) in [7, 11) is 0. The number of urea groups is 1. The molecule has 2 saturated heterocycles. The molecule has 6 rings (SSSR count). The third-order valence-electron chi connectivity index (χ3n) is 8.62. The number of ether oxygens (including phenoxy) is 1. The highest BCUT2D eigenvalue weighted by molar-refractivity contribution is 6.06. The van der Waals surface area contributed by atoms with E-state index in [1.165, 1.54) is 25.7 Å². The van der Waals surface area contributed by atoms with Gasteiger partial charge in [-0.15, -0.1) is 0 Å². The summed E-state index contributed by atoms with van der Waals surface area (Å²) in [6, 6.07) is 4.15. The zero-order chi connectivity index (χ0) is 26.7. The van der Waals surface area contributed by atoms with Crippen LogP contribution in [0, 0.1) is 11.3 Å². The number of fused-ring (bicyclic) bond motifs is 1. The molecular formula is C28H38N6O4. The number of rotatable bonds is 4. The molecule has 10 nitrogen and oxygen atoms in total. The number of anilines is 1. The molecule has 2 saturated carbocycles. The topological polar surface area (TPSA) is 100 Å². The second-order valence-electron chi connectivity index (χ2n) is 12.7. The lowest BCUT2D eigenvalue weighted by Crippen LogP contribution is -2.54. The number of imide groups is 1. The van der Waals surface area contributed by atoms with E-state index in [1.807, 2.05) is 31.7 Å². The number of pyridine rings is 1. The van der Waals surface area contributed by atoms with Crippen LogP contribution in [0.5, 0.6) is 0 Å². The molecule has 4 amide bonds. The highest BCUT2D eigenvalue weighted by Gasteiger charge is 2.53. The molecule has 0 bridgehead atoms. The van der Waals surface area contributed by atoms with Crippen LogP contribution in [0.25, 0.3) is 11.0 Å². The molecule has 2 aliphatic heterocycles. The average molecular weight is 523 g/mol. The lowest BCUT2D eigenvalue weighted by atomic mass is 9.50. The number of hydrogen-bond donors (Lipinski definition) is 1. The van der Waals surface area contributed by atoms with Gasteiger partial charge in [-0.25, -0.2) is 14.6 Å². The first kappa shape index (κ1) is 25.2. The summed E-state index contributed by atoms with van der Waals surface area (Å²) in [4.78, 5) is 46.6. The van der Waals surface area contributed by atoms with Crippen molar-refractivity contribution in [3.05, 3.63) is 24.5 Å². The molecule has 4 heterocycles. The monoisotopic (exact) mass is 522 g/mol. The first-order valence-corrected chi connectivity index (χ1v) is 13.9. The third-order valence-corrected chi connectivity index (χ3v) is 8.62. The van der Waals surface area contributed by atoms with Gasteiger partial charge in [0.25, 0.3) is 0 Å². The van der Waals surface area contributed by atoms with Crippen molar-refractivity contribution >= 4 is 34.8 Å². The Labute approximate surface area is 223 Å². The van der Waals surface area contributed by atoms with Crippen molar-refractivity contribution in [1.82, 2.24) is 24.7 Å². The Hall–Kier alpha value is -3.14. The van der Waals surface area contributed by atoms with E-state index in [-0.39, 0.29) is 18.0 Å². The number of carbonyl (C=O) groups is 3. The van der Waals surface area contributed by atoms with E-state index in [1.54, 1.807) is 11.1 Å². The summed E-state index contributed by atoms with van der Waals surface area (Å²) >= 11 is 0. The molecule has 38 heavy (non-hydrogen) atoms. The van der Waals surface area contributed by atoms with Crippen molar-refractivity contribution in [3.8, 4) is 0 Å². The Balaban J connectivity index is 0.978. The van der Waals surface area contributed by atoms with Gasteiger partial charge in [-0.3, -0.25) is 19.9 Å². The first-order valence-electron chi connectivity index (χ1n) is 13.9. The second kappa shape index (κ2) is 9.25. The van der Waals surface area contributed by atoms with Gasteiger partial charge in [-0.2, -0.15) is 0 Å². The van der Waals surface area contributed by atoms with Crippen molar-refractivity contribution in [2.45, 2.75) is 64.5 Å². The van der Waals surface area contributed by atoms with Crippen LogP contribution in [0.4, 0.5) is 15.3 Å². The summed E-state index contributed by atoms with van der Waals surface area (Å²) in [5.74, 6) is 0.512. The van der Waals surface area contributed by atoms with Crippen molar-refractivity contribution < 1.29 is 19.1 Å². The van der Waals surface area contributed by atoms with Crippen molar-refractivity contribution in [3.63, 3.8) is 0 Å². The van der Waals surface area contributed by atoms with Gasteiger partial charge in [0.2, 0.25) is 5.91 Å². The van der Waals surface area contributed by atoms with Crippen LogP contribution in [0.2, 0.25) is 0 Å². The predicted octanol–water partition coefficient (Wildman–Crippen LogP) is 3.77. The Kier molecular flexibility index (Phi) is 6.13. The van der Waals surface area contributed by atoms with Crippen LogP contribution in [0.15, 0.2) is 24.5 Å². The van der Waals surface area contributed by atoms with Gasteiger partial charge in [0.15, 0.2) is 0 Å². The molecule has 2 aromatic heterocycles. The summed E-state index contributed by atoms with van der Waals surface area (Å²) in [6.45, 7) is 10.6. The van der Waals surface area contributed by atoms with Crippen LogP contribution < -0.4 is 10.2 Å². The van der Waals surface area contributed by atoms with Gasteiger partial charge in [-0.1, -0.05) is 0 Å². The van der Waals surface area contributed by atoms with Crippen LogP contribution in [0.3, 0.4) is 0 Å². The highest BCUT2D eigenvalue weighted by atomic mass is 16.6. The van der Waals surface area contributed by atoms with Gasteiger partial charge < -0.3 is 14.2 Å². The van der Waals surface area contributed by atoms with E-state index in [2.05, 4.69) is 27.0 Å². The standard InChI is InChI=1S/C28H38N6O4/c1-27(2,3)38-26(37)32-10-8-31(9-11-32)18-19-13-28(14-19)15-22(16-28)33-6-4-20-12-21(17-29-24(20)33)34-7-5-23(35)30-25(34)36/h4,6,12,17,19,22H,5,7-11,13-16,18H2,1-3H3,(H,30,35,36). The Morgan fingerprint density at radius 3 is 2.53 bits per heavy atom. The number of aromatic nitrogens is 2. The molecule has 1 spiro atoms. The second-order valence-corrected chi connectivity index (χ2v) is 12.7. The molecule has 1 N–H and O–H groups in total. The zero-order valence-corrected chi connectivity index (χ0v) is 22.6. The molecular weight excluding hydrogens is 484 g/mol. The number of nitrogens with one attached hydrogen (secondary N) is 1. The first-order chi connectivity index (χ1) is 18.1. The van der Waals surface area contributed by atoms with Crippen molar-refractivity contribution in [2.75, 3.05) is 44.2 Å².